The number of carboxylic acid groups (broad SMARTS) is 1. The Morgan fingerprint density at radius 2 is 1.70 bits per heavy atom. The van der Waals surface area contributed by atoms with Gasteiger partial charge in [-0.25, -0.2) is 4.79 Å². The van der Waals surface area contributed by atoms with E-state index in [1.807, 2.05) is 54.6 Å². The molecule has 0 saturated carbocycles. The van der Waals surface area contributed by atoms with Gasteiger partial charge in [-0.15, -0.1) is 0 Å². The lowest BCUT2D eigenvalue weighted by Gasteiger charge is -2.39. The smallest absolute Gasteiger partial charge is 0.329 e. The zero-order chi connectivity index (χ0) is 22.6. The summed E-state index contributed by atoms with van der Waals surface area (Å²) in [6, 6.07) is 17.6. The van der Waals surface area contributed by atoms with Gasteiger partial charge in [0.1, 0.15) is 6.61 Å². The quantitative estimate of drug-likeness (QED) is 0.747. The number of rotatable bonds is 8. The number of hydrogen-bond acceptors (Lipinski definition) is 4. The SMILES string of the molecule is [2H]C([2H])(OCC(=O)O)C([2H])([2H])N1CCN(C(c2ccccc2)c2ccc(Cl)cc2)CC1. The molecule has 2 aromatic rings. The second-order valence-corrected chi connectivity index (χ2v) is 6.72. The van der Waals surface area contributed by atoms with Crippen molar-refractivity contribution in [2.45, 2.75) is 6.04 Å². The van der Waals surface area contributed by atoms with Crippen LogP contribution in [0.1, 0.15) is 22.7 Å². The number of carboxylic acids is 1. The number of benzene rings is 2. The van der Waals surface area contributed by atoms with Crippen molar-refractivity contribution in [3.63, 3.8) is 0 Å². The molecule has 2 aromatic carbocycles. The number of aliphatic carboxylic acids is 1. The van der Waals surface area contributed by atoms with Crippen LogP contribution in [0.5, 0.6) is 0 Å². The summed E-state index contributed by atoms with van der Waals surface area (Å²) < 4.78 is 37.1. The molecule has 0 bridgehead atoms. The van der Waals surface area contributed by atoms with Gasteiger partial charge in [-0.05, 0) is 23.3 Å². The Morgan fingerprint density at radius 1 is 1.07 bits per heavy atom. The summed E-state index contributed by atoms with van der Waals surface area (Å²) in [4.78, 5) is 14.3. The number of nitrogens with zero attached hydrogens (tertiary/aromatic N) is 2. The van der Waals surface area contributed by atoms with Gasteiger partial charge in [0.05, 0.1) is 15.3 Å². The molecule has 3 rings (SSSR count). The molecule has 1 unspecified atom stereocenters. The fraction of sp³-hybridized carbons (Fsp3) is 0.381. The van der Waals surface area contributed by atoms with E-state index < -0.39 is 25.6 Å². The van der Waals surface area contributed by atoms with Crippen molar-refractivity contribution in [2.24, 2.45) is 0 Å². The molecule has 1 heterocycles. The van der Waals surface area contributed by atoms with E-state index in [2.05, 4.69) is 4.90 Å². The predicted octanol–water partition coefficient (Wildman–Crippen LogP) is 3.15. The molecule has 1 aliphatic heterocycles. The minimum atomic E-state index is -2.76. The number of ether oxygens (including phenoxy) is 1. The van der Waals surface area contributed by atoms with Crippen molar-refractivity contribution in [1.82, 2.24) is 9.80 Å². The fourth-order valence-electron chi connectivity index (χ4n) is 3.18. The number of hydrogen-bond donors (Lipinski definition) is 1. The van der Waals surface area contributed by atoms with Crippen LogP contribution in [0, 0.1) is 0 Å². The molecular weight excluding hydrogens is 364 g/mol. The Labute approximate surface area is 170 Å². The van der Waals surface area contributed by atoms with E-state index >= 15 is 0 Å². The van der Waals surface area contributed by atoms with Gasteiger partial charge < -0.3 is 9.84 Å². The summed E-state index contributed by atoms with van der Waals surface area (Å²) in [5.74, 6) is -1.35. The maximum atomic E-state index is 10.7. The molecule has 144 valence electrons. The molecular formula is C21H25ClN2O3. The van der Waals surface area contributed by atoms with Gasteiger partial charge in [0.15, 0.2) is 0 Å². The fourth-order valence-corrected chi connectivity index (χ4v) is 3.31. The van der Waals surface area contributed by atoms with Crippen LogP contribution < -0.4 is 0 Å². The van der Waals surface area contributed by atoms with Gasteiger partial charge >= 0.3 is 5.97 Å². The zero-order valence-electron chi connectivity index (χ0n) is 18.8. The molecule has 1 saturated heterocycles. The highest BCUT2D eigenvalue weighted by molar-refractivity contribution is 6.30. The molecule has 27 heavy (non-hydrogen) atoms. The average molecular weight is 393 g/mol. The van der Waals surface area contributed by atoms with E-state index in [1.54, 1.807) is 0 Å². The van der Waals surface area contributed by atoms with Crippen molar-refractivity contribution in [3.05, 3.63) is 70.7 Å². The van der Waals surface area contributed by atoms with E-state index in [4.69, 9.17) is 26.9 Å². The Bertz CT molecular complexity index is 876. The van der Waals surface area contributed by atoms with E-state index in [0.29, 0.717) is 18.1 Å². The highest BCUT2D eigenvalue weighted by Crippen LogP contribution is 2.30. The van der Waals surface area contributed by atoms with Crippen LogP contribution in [-0.2, 0) is 9.53 Å². The maximum absolute atomic E-state index is 10.7. The molecule has 5 nitrogen and oxygen atoms in total. The van der Waals surface area contributed by atoms with Gasteiger partial charge in [-0.3, -0.25) is 9.80 Å². The van der Waals surface area contributed by atoms with E-state index in [9.17, 15) is 4.79 Å². The summed E-state index contributed by atoms with van der Waals surface area (Å²) >= 11 is 6.06. The maximum Gasteiger partial charge on any atom is 0.329 e. The first kappa shape index (κ1) is 15.1. The first-order valence-electron chi connectivity index (χ1n) is 10.8. The Balaban J connectivity index is 1.76. The molecule has 6 heteroatoms. The standard InChI is InChI=1S/C21H25ClN2O3/c22-19-8-6-18(7-9-19)21(17-4-2-1-3-5-17)24-12-10-23(11-13-24)14-15-27-16-20(25)26/h1-9,21H,10-16H2,(H,25,26)/i14D2,15D2. The van der Waals surface area contributed by atoms with E-state index in [1.165, 1.54) is 4.90 Å². The third-order valence-electron chi connectivity index (χ3n) is 4.45. The van der Waals surface area contributed by atoms with Crippen molar-refractivity contribution in [1.29, 1.82) is 0 Å². The second-order valence-electron chi connectivity index (χ2n) is 6.28. The third kappa shape index (κ3) is 5.78. The summed E-state index contributed by atoms with van der Waals surface area (Å²) in [6.45, 7) is -4.62. The highest BCUT2D eigenvalue weighted by Gasteiger charge is 2.26. The van der Waals surface area contributed by atoms with Crippen molar-refractivity contribution < 1.29 is 20.1 Å². The van der Waals surface area contributed by atoms with Crippen molar-refractivity contribution >= 4 is 17.6 Å². The van der Waals surface area contributed by atoms with Gasteiger partial charge in [-0.1, -0.05) is 54.1 Å². The van der Waals surface area contributed by atoms with Crippen LogP contribution in [-0.4, -0.2) is 66.7 Å². The topological polar surface area (TPSA) is 53.0 Å². The van der Waals surface area contributed by atoms with Crippen molar-refractivity contribution in [2.75, 3.05) is 45.8 Å². The van der Waals surface area contributed by atoms with Gasteiger partial charge in [0.25, 0.3) is 0 Å². The minimum absolute atomic E-state index is 0.0495. The predicted molar refractivity (Wildman–Crippen MR) is 106 cm³/mol. The van der Waals surface area contributed by atoms with E-state index in [-0.39, 0.29) is 19.1 Å². The molecule has 0 amide bonds. The minimum Gasteiger partial charge on any atom is -0.480 e. The van der Waals surface area contributed by atoms with Gasteiger partial charge in [-0.2, -0.15) is 0 Å². The molecule has 0 spiro atoms. The van der Waals surface area contributed by atoms with Crippen LogP contribution in [0.25, 0.3) is 0 Å². The Morgan fingerprint density at radius 3 is 2.33 bits per heavy atom. The molecule has 0 aliphatic carbocycles. The van der Waals surface area contributed by atoms with Crippen LogP contribution in [0.4, 0.5) is 0 Å². The number of carbonyl (C=O) groups is 1. The third-order valence-corrected chi connectivity index (χ3v) is 4.70. The van der Waals surface area contributed by atoms with Crippen LogP contribution >= 0.6 is 11.6 Å². The molecule has 1 N–H and O–H groups in total. The molecule has 1 aliphatic rings. The van der Waals surface area contributed by atoms with Crippen LogP contribution in [0.2, 0.25) is 5.02 Å². The summed E-state index contributed by atoms with van der Waals surface area (Å²) in [5.41, 5.74) is 2.16. The molecule has 0 radical (unpaired) electrons. The Kier molecular flexibility index (Phi) is 5.49. The lowest BCUT2D eigenvalue weighted by atomic mass is 9.96. The average Bonchev–Trinajstić information content (AvgIpc) is 2.75. The lowest BCUT2D eigenvalue weighted by molar-refractivity contribution is -0.142. The Hall–Kier alpha value is -1.92. The zero-order valence-corrected chi connectivity index (χ0v) is 15.6. The van der Waals surface area contributed by atoms with E-state index in [0.717, 1.165) is 11.1 Å². The normalized spacial score (nSPS) is 20.2. The summed E-state index contributed by atoms with van der Waals surface area (Å²) in [6.07, 6.45) is 0. The number of piperazine rings is 1. The highest BCUT2D eigenvalue weighted by atomic mass is 35.5. The van der Waals surface area contributed by atoms with Crippen LogP contribution in [0.15, 0.2) is 54.6 Å². The molecule has 0 aromatic heterocycles. The summed E-state index contributed by atoms with van der Waals surface area (Å²) in [7, 11) is 0. The van der Waals surface area contributed by atoms with Crippen molar-refractivity contribution in [3.8, 4) is 0 Å². The first-order valence-corrected chi connectivity index (χ1v) is 9.15. The van der Waals surface area contributed by atoms with Gasteiger partial charge in [0, 0.05) is 40.4 Å². The number of halogens is 1. The second kappa shape index (κ2) is 9.85. The van der Waals surface area contributed by atoms with Gasteiger partial charge in [0.2, 0.25) is 0 Å². The molecule has 1 fully saturated rings. The molecule has 1 atom stereocenters. The largest absolute Gasteiger partial charge is 0.480 e. The summed E-state index contributed by atoms with van der Waals surface area (Å²) in [5, 5.41) is 9.39. The first-order chi connectivity index (χ1) is 14.6. The monoisotopic (exact) mass is 392 g/mol. The lowest BCUT2D eigenvalue weighted by Crippen LogP contribution is -2.48. The van der Waals surface area contributed by atoms with Crippen LogP contribution in [0.3, 0.4) is 0 Å².